The zero-order valence-electron chi connectivity index (χ0n) is 26.1. The topological polar surface area (TPSA) is 140 Å². The molecular formula is C35H39N5O6. The number of dihydropyridines is 1. The molecule has 2 aliphatic rings. The number of ether oxygens (including phenoxy) is 2. The number of carbonyl (C=O) groups excluding carboxylic acids is 2. The summed E-state index contributed by atoms with van der Waals surface area (Å²) < 4.78 is 11.0. The molecular weight excluding hydrogens is 586 g/mol. The van der Waals surface area contributed by atoms with Gasteiger partial charge < -0.3 is 20.5 Å². The van der Waals surface area contributed by atoms with E-state index in [0.29, 0.717) is 17.8 Å². The van der Waals surface area contributed by atoms with Gasteiger partial charge in [-0.15, -0.1) is 0 Å². The average molecular weight is 626 g/mol. The molecule has 3 aromatic carbocycles. The Morgan fingerprint density at radius 1 is 0.913 bits per heavy atom. The van der Waals surface area contributed by atoms with Crippen molar-refractivity contribution in [2.24, 2.45) is 5.73 Å². The van der Waals surface area contributed by atoms with Crippen LogP contribution in [-0.4, -0.2) is 72.6 Å². The lowest BCUT2D eigenvalue weighted by atomic mass is 9.81. The standard InChI is InChI=1S/C35H39N5O6/c1-3-45-35(42)31-30(27-15-10-16-28(23-27)40(43)44)29(24(2)37-33(31)36)34(41)46-22-21-38-17-19-39(20-18-38)32(25-11-6-4-7-12-25)26-13-8-5-9-14-26/h4-16,23,30,32,37H,3,17-22,36H2,1-2H3. The van der Waals surface area contributed by atoms with Crippen LogP contribution in [0.15, 0.2) is 108 Å². The maximum absolute atomic E-state index is 13.6. The van der Waals surface area contributed by atoms with E-state index in [4.69, 9.17) is 15.2 Å². The van der Waals surface area contributed by atoms with Gasteiger partial charge in [-0.25, -0.2) is 9.59 Å². The number of nitro benzene ring substituents is 1. The lowest BCUT2D eigenvalue weighted by molar-refractivity contribution is -0.384. The zero-order chi connectivity index (χ0) is 32.6. The highest BCUT2D eigenvalue weighted by atomic mass is 16.6. The normalized spacial score (nSPS) is 17.5. The van der Waals surface area contributed by atoms with Crippen molar-refractivity contribution >= 4 is 17.6 Å². The SMILES string of the molecule is CCOC(=O)C1=C(N)NC(C)=C(C(=O)OCCN2CCN(C(c3ccccc3)c3ccccc3)CC2)C1c1cccc([N+](=O)[O-])c1. The van der Waals surface area contributed by atoms with Crippen LogP contribution >= 0.6 is 0 Å². The Bertz CT molecular complexity index is 1580. The summed E-state index contributed by atoms with van der Waals surface area (Å²) in [5.74, 6) is -2.35. The molecule has 11 nitrogen and oxygen atoms in total. The molecule has 2 heterocycles. The van der Waals surface area contributed by atoms with E-state index < -0.39 is 22.8 Å². The fraction of sp³-hybridized carbons (Fsp3) is 0.314. The molecule has 240 valence electrons. The Hall–Kier alpha value is -5.00. The van der Waals surface area contributed by atoms with E-state index >= 15 is 0 Å². The second-order valence-electron chi connectivity index (χ2n) is 11.2. The Kier molecular flexibility index (Phi) is 10.5. The number of hydrogen-bond acceptors (Lipinski definition) is 10. The fourth-order valence-corrected chi connectivity index (χ4v) is 6.19. The van der Waals surface area contributed by atoms with Gasteiger partial charge in [0.15, 0.2) is 0 Å². The van der Waals surface area contributed by atoms with Gasteiger partial charge in [-0.3, -0.25) is 19.9 Å². The highest BCUT2D eigenvalue weighted by Crippen LogP contribution is 2.39. The molecule has 3 N–H and O–H groups in total. The van der Waals surface area contributed by atoms with Crippen molar-refractivity contribution in [3.63, 3.8) is 0 Å². The smallest absolute Gasteiger partial charge is 0.338 e. The second kappa shape index (κ2) is 14.9. The molecule has 11 heteroatoms. The van der Waals surface area contributed by atoms with Crippen LogP contribution in [0.2, 0.25) is 0 Å². The van der Waals surface area contributed by atoms with Crippen LogP contribution in [0.4, 0.5) is 5.69 Å². The minimum atomic E-state index is -1.01. The van der Waals surface area contributed by atoms with E-state index in [9.17, 15) is 19.7 Å². The fourth-order valence-electron chi connectivity index (χ4n) is 6.19. The Morgan fingerprint density at radius 3 is 2.11 bits per heavy atom. The van der Waals surface area contributed by atoms with Crippen LogP contribution in [-0.2, 0) is 19.1 Å². The number of allylic oxidation sites excluding steroid dienone is 1. The third kappa shape index (κ3) is 7.27. The van der Waals surface area contributed by atoms with Gasteiger partial charge in [-0.05, 0) is 30.5 Å². The highest BCUT2D eigenvalue weighted by Gasteiger charge is 2.39. The number of esters is 2. The number of nitrogens with one attached hydrogen (secondary N) is 1. The van der Waals surface area contributed by atoms with Crippen LogP contribution in [0, 0.1) is 10.1 Å². The van der Waals surface area contributed by atoms with Gasteiger partial charge in [0, 0.05) is 50.6 Å². The molecule has 0 saturated carbocycles. The van der Waals surface area contributed by atoms with Crippen molar-refractivity contribution in [3.8, 4) is 0 Å². The maximum Gasteiger partial charge on any atom is 0.338 e. The first-order valence-corrected chi connectivity index (χ1v) is 15.4. The lowest BCUT2D eigenvalue weighted by Gasteiger charge is -2.39. The third-order valence-electron chi connectivity index (χ3n) is 8.37. The molecule has 0 radical (unpaired) electrons. The molecule has 0 spiro atoms. The van der Waals surface area contributed by atoms with Crippen molar-refractivity contribution < 1.29 is 24.0 Å². The molecule has 1 unspecified atom stereocenters. The number of nitrogens with two attached hydrogens (primary N) is 1. The molecule has 3 aromatic rings. The van der Waals surface area contributed by atoms with Gasteiger partial charge in [-0.1, -0.05) is 72.8 Å². The molecule has 0 bridgehead atoms. The molecule has 0 amide bonds. The monoisotopic (exact) mass is 625 g/mol. The van der Waals surface area contributed by atoms with Crippen LogP contribution in [0.1, 0.15) is 42.5 Å². The van der Waals surface area contributed by atoms with E-state index in [-0.39, 0.29) is 41.9 Å². The van der Waals surface area contributed by atoms with Gasteiger partial charge in [0.1, 0.15) is 12.4 Å². The summed E-state index contributed by atoms with van der Waals surface area (Å²) in [5.41, 5.74) is 9.45. The second-order valence-corrected chi connectivity index (χ2v) is 11.2. The molecule has 0 aromatic heterocycles. The number of piperazine rings is 1. The van der Waals surface area contributed by atoms with Crippen molar-refractivity contribution in [2.75, 3.05) is 45.9 Å². The van der Waals surface area contributed by atoms with Crippen molar-refractivity contribution in [2.45, 2.75) is 25.8 Å². The number of benzene rings is 3. The highest BCUT2D eigenvalue weighted by molar-refractivity contribution is 5.99. The first kappa shape index (κ1) is 32.4. The van der Waals surface area contributed by atoms with E-state index in [1.54, 1.807) is 19.9 Å². The molecule has 1 fully saturated rings. The predicted molar refractivity (Wildman–Crippen MR) is 173 cm³/mol. The summed E-state index contributed by atoms with van der Waals surface area (Å²) in [4.78, 5) is 42.4. The number of rotatable bonds is 11. The number of carbonyl (C=O) groups is 2. The molecule has 0 aliphatic carbocycles. The number of nitrogens with zero attached hydrogens (tertiary/aromatic N) is 3. The zero-order valence-corrected chi connectivity index (χ0v) is 26.1. The van der Waals surface area contributed by atoms with Crippen LogP contribution in [0.25, 0.3) is 0 Å². The number of hydrogen-bond donors (Lipinski definition) is 2. The molecule has 2 aliphatic heterocycles. The minimum absolute atomic E-state index is 0.00223. The van der Waals surface area contributed by atoms with Gasteiger partial charge in [-0.2, -0.15) is 0 Å². The molecule has 1 atom stereocenters. The van der Waals surface area contributed by atoms with Gasteiger partial charge in [0.25, 0.3) is 5.69 Å². The predicted octanol–water partition coefficient (Wildman–Crippen LogP) is 4.24. The lowest BCUT2D eigenvalue weighted by Crippen LogP contribution is -2.48. The van der Waals surface area contributed by atoms with E-state index in [1.807, 2.05) is 12.1 Å². The van der Waals surface area contributed by atoms with E-state index in [2.05, 4.69) is 63.6 Å². The Balaban J connectivity index is 1.26. The number of non-ortho nitro benzene ring substituents is 1. The summed E-state index contributed by atoms with van der Waals surface area (Å²) in [6.07, 6.45) is 0. The summed E-state index contributed by atoms with van der Waals surface area (Å²) >= 11 is 0. The largest absolute Gasteiger partial charge is 0.463 e. The van der Waals surface area contributed by atoms with E-state index in [1.165, 1.54) is 29.3 Å². The van der Waals surface area contributed by atoms with Crippen molar-refractivity contribution in [1.29, 1.82) is 0 Å². The summed E-state index contributed by atoms with van der Waals surface area (Å²) in [7, 11) is 0. The van der Waals surface area contributed by atoms with E-state index in [0.717, 1.165) is 26.2 Å². The van der Waals surface area contributed by atoms with Crippen LogP contribution in [0.5, 0.6) is 0 Å². The van der Waals surface area contributed by atoms with Gasteiger partial charge in [0.2, 0.25) is 0 Å². The quantitative estimate of drug-likeness (QED) is 0.181. The Labute approximate surface area is 268 Å². The Morgan fingerprint density at radius 2 is 1.52 bits per heavy atom. The summed E-state index contributed by atoms with van der Waals surface area (Å²) in [5, 5.41) is 14.4. The first-order chi connectivity index (χ1) is 22.3. The van der Waals surface area contributed by atoms with Crippen LogP contribution in [0.3, 0.4) is 0 Å². The molecule has 5 rings (SSSR count). The maximum atomic E-state index is 13.6. The van der Waals surface area contributed by atoms with Crippen molar-refractivity contribution in [3.05, 3.63) is 134 Å². The summed E-state index contributed by atoms with van der Waals surface area (Å²) in [6, 6.07) is 26.9. The van der Waals surface area contributed by atoms with Crippen molar-refractivity contribution in [1.82, 2.24) is 15.1 Å². The van der Waals surface area contributed by atoms with Crippen LogP contribution < -0.4 is 11.1 Å². The molecule has 46 heavy (non-hydrogen) atoms. The third-order valence-corrected chi connectivity index (χ3v) is 8.37. The molecule has 1 saturated heterocycles. The minimum Gasteiger partial charge on any atom is -0.463 e. The van der Waals surface area contributed by atoms with Gasteiger partial charge in [0.05, 0.1) is 34.6 Å². The summed E-state index contributed by atoms with van der Waals surface area (Å²) in [6.45, 7) is 7.37. The first-order valence-electron chi connectivity index (χ1n) is 15.4. The average Bonchev–Trinajstić information content (AvgIpc) is 3.06. The van der Waals surface area contributed by atoms with Gasteiger partial charge >= 0.3 is 11.9 Å². The number of nitro groups is 1.